The van der Waals surface area contributed by atoms with Gasteiger partial charge >= 0.3 is 0 Å². The molecular formula is C16H18O2. The fraction of sp³-hybridized carbons (Fsp3) is 0.250. The number of ether oxygens (including phenoxy) is 2. The van der Waals surface area contributed by atoms with Gasteiger partial charge in [-0.25, -0.2) is 0 Å². The standard InChI is InChI=1S/C16H18O2/c1-12-4-6-13(7-5-12)16(18-3)14-8-10-15(17-2)11-9-14/h4-11,16H,1-3H3. The Morgan fingerprint density at radius 1 is 0.778 bits per heavy atom. The van der Waals surface area contributed by atoms with Crippen LogP contribution in [0, 0.1) is 6.92 Å². The maximum Gasteiger partial charge on any atom is 0.118 e. The van der Waals surface area contributed by atoms with Crippen molar-refractivity contribution in [1.29, 1.82) is 0 Å². The zero-order valence-electron chi connectivity index (χ0n) is 11.0. The normalized spacial score (nSPS) is 12.2. The van der Waals surface area contributed by atoms with Crippen molar-refractivity contribution in [3.05, 3.63) is 65.2 Å². The van der Waals surface area contributed by atoms with E-state index in [-0.39, 0.29) is 6.10 Å². The summed E-state index contributed by atoms with van der Waals surface area (Å²) in [6, 6.07) is 16.4. The molecule has 0 aromatic heterocycles. The SMILES string of the molecule is COc1ccc(C(OC)c2ccc(C)cc2)cc1. The molecule has 0 heterocycles. The van der Waals surface area contributed by atoms with E-state index in [0.717, 1.165) is 16.9 Å². The number of hydrogen-bond donors (Lipinski definition) is 0. The Morgan fingerprint density at radius 3 is 1.72 bits per heavy atom. The average molecular weight is 242 g/mol. The van der Waals surface area contributed by atoms with E-state index >= 15 is 0 Å². The monoisotopic (exact) mass is 242 g/mol. The van der Waals surface area contributed by atoms with Crippen LogP contribution in [0.25, 0.3) is 0 Å². The topological polar surface area (TPSA) is 18.5 Å². The van der Waals surface area contributed by atoms with Crippen LogP contribution in [0.15, 0.2) is 48.5 Å². The number of hydrogen-bond acceptors (Lipinski definition) is 2. The van der Waals surface area contributed by atoms with Gasteiger partial charge in [0.25, 0.3) is 0 Å². The largest absolute Gasteiger partial charge is 0.497 e. The zero-order chi connectivity index (χ0) is 13.0. The Balaban J connectivity index is 2.29. The second-order valence-corrected chi connectivity index (χ2v) is 4.30. The first kappa shape index (κ1) is 12.7. The van der Waals surface area contributed by atoms with Gasteiger partial charge in [-0.3, -0.25) is 0 Å². The molecule has 0 aliphatic carbocycles. The van der Waals surface area contributed by atoms with E-state index < -0.39 is 0 Å². The van der Waals surface area contributed by atoms with Crippen LogP contribution in [0.5, 0.6) is 5.75 Å². The summed E-state index contributed by atoms with van der Waals surface area (Å²) in [5, 5.41) is 0. The lowest BCUT2D eigenvalue weighted by atomic mass is 10.0. The van der Waals surface area contributed by atoms with Crippen molar-refractivity contribution in [3.8, 4) is 5.75 Å². The van der Waals surface area contributed by atoms with Crippen molar-refractivity contribution >= 4 is 0 Å². The van der Waals surface area contributed by atoms with Crippen molar-refractivity contribution in [3.63, 3.8) is 0 Å². The quantitative estimate of drug-likeness (QED) is 0.813. The Kier molecular flexibility index (Phi) is 4.00. The van der Waals surface area contributed by atoms with E-state index in [1.807, 2.05) is 24.3 Å². The number of benzene rings is 2. The lowest BCUT2D eigenvalue weighted by Crippen LogP contribution is -2.03. The minimum absolute atomic E-state index is 0.0310. The molecule has 0 saturated carbocycles. The molecule has 0 amide bonds. The van der Waals surface area contributed by atoms with Crippen LogP contribution in [-0.2, 0) is 4.74 Å². The van der Waals surface area contributed by atoms with E-state index in [0.29, 0.717) is 0 Å². The number of aryl methyl sites for hydroxylation is 1. The highest BCUT2D eigenvalue weighted by Gasteiger charge is 2.12. The van der Waals surface area contributed by atoms with Gasteiger partial charge in [0.1, 0.15) is 11.9 Å². The molecule has 2 rings (SSSR count). The van der Waals surface area contributed by atoms with Crippen molar-refractivity contribution in [1.82, 2.24) is 0 Å². The van der Waals surface area contributed by atoms with E-state index in [1.165, 1.54) is 5.56 Å². The van der Waals surface area contributed by atoms with Crippen molar-refractivity contribution in [2.75, 3.05) is 14.2 Å². The molecule has 2 nitrogen and oxygen atoms in total. The van der Waals surface area contributed by atoms with Crippen LogP contribution in [0.2, 0.25) is 0 Å². The molecule has 2 aromatic rings. The van der Waals surface area contributed by atoms with Gasteiger partial charge in [-0.05, 0) is 30.2 Å². The molecule has 1 unspecified atom stereocenters. The third kappa shape index (κ3) is 2.71. The molecule has 0 bridgehead atoms. The summed E-state index contributed by atoms with van der Waals surface area (Å²) in [4.78, 5) is 0. The maximum absolute atomic E-state index is 5.59. The molecule has 0 radical (unpaired) electrons. The fourth-order valence-electron chi connectivity index (χ4n) is 1.98. The lowest BCUT2D eigenvalue weighted by molar-refractivity contribution is 0.136. The van der Waals surface area contributed by atoms with E-state index in [9.17, 15) is 0 Å². The summed E-state index contributed by atoms with van der Waals surface area (Å²) in [6.07, 6.45) is -0.0310. The summed E-state index contributed by atoms with van der Waals surface area (Å²) in [6.45, 7) is 2.08. The lowest BCUT2D eigenvalue weighted by Gasteiger charge is -2.16. The van der Waals surface area contributed by atoms with Crippen molar-refractivity contribution in [2.24, 2.45) is 0 Å². The molecule has 1 atom stereocenters. The molecule has 0 aliphatic heterocycles. The summed E-state index contributed by atoms with van der Waals surface area (Å²) in [5.41, 5.74) is 3.54. The highest BCUT2D eigenvalue weighted by atomic mass is 16.5. The van der Waals surface area contributed by atoms with Gasteiger partial charge in [0, 0.05) is 7.11 Å². The average Bonchev–Trinajstić information content (AvgIpc) is 2.42. The molecule has 0 spiro atoms. The molecule has 18 heavy (non-hydrogen) atoms. The predicted octanol–water partition coefficient (Wildman–Crippen LogP) is 3.74. The fourth-order valence-corrected chi connectivity index (χ4v) is 1.98. The molecular weight excluding hydrogens is 224 g/mol. The Hall–Kier alpha value is -1.80. The Labute approximate surface area is 108 Å². The Bertz CT molecular complexity index is 486. The number of methoxy groups -OCH3 is 2. The van der Waals surface area contributed by atoms with E-state index in [1.54, 1.807) is 14.2 Å². The van der Waals surface area contributed by atoms with Crippen LogP contribution in [0.1, 0.15) is 22.8 Å². The summed E-state index contributed by atoms with van der Waals surface area (Å²) in [7, 11) is 3.40. The first-order valence-electron chi connectivity index (χ1n) is 5.98. The molecule has 0 aliphatic rings. The smallest absolute Gasteiger partial charge is 0.118 e. The maximum atomic E-state index is 5.59. The van der Waals surface area contributed by atoms with E-state index in [4.69, 9.17) is 9.47 Å². The van der Waals surface area contributed by atoms with Crippen LogP contribution in [-0.4, -0.2) is 14.2 Å². The minimum Gasteiger partial charge on any atom is -0.497 e. The molecule has 0 N–H and O–H groups in total. The molecule has 0 saturated heterocycles. The van der Waals surface area contributed by atoms with Crippen LogP contribution in [0.4, 0.5) is 0 Å². The van der Waals surface area contributed by atoms with Crippen molar-refractivity contribution < 1.29 is 9.47 Å². The van der Waals surface area contributed by atoms with Crippen LogP contribution < -0.4 is 4.74 Å². The van der Waals surface area contributed by atoms with Gasteiger partial charge in [0.05, 0.1) is 7.11 Å². The summed E-state index contributed by atoms with van der Waals surface area (Å²) >= 11 is 0. The van der Waals surface area contributed by atoms with Gasteiger partial charge in [0.15, 0.2) is 0 Å². The molecule has 94 valence electrons. The van der Waals surface area contributed by atoms with Gasteiger partial charge in [-0.15, -0.1) is 0 Å². The molecule has 2 aromatic carbocycles. The first-order chi connectivity index (χ1) is 8.74. The highest BCUT2D eigenvalue weighted by Crippen LogP contribution is 2.26. The first-order valence-corrected chi connectivity index (χ1v) is 5.98. The predicted molar refractivity (Wildman–Crippen MR) is 73.0 cm³/mol. The minimum atomic E-state index is -0.0310. The van der Waals surface area contributed by atoms with Crippen LogP contribution in [0.3, 0.4) is 0 Å². The second-order valence-electron chi connectivity index (χ2n) is 4.30. The summed E-state index contributed by atoms with van der Waals surface area (Å²) in [5.74, 6) is 0.859. The summed E-state index contributed by atoms with van der Waals surface area (Å²) < 4.78 is 10.8. The highest BCUT2D eigenvalue weighted by molar-refractivity contribution is 5.35. The van der Waals surface area contributed by atoms with Gasteiger partial charge in [-0.1, -0.05) is 42.0 Å². The third-order valence-corrected chi connectivity index (χ3v) is 3.03. The van der Waals surface area contributed by atoms with Gasteiger partial charge in [-0.2, -0.15) is 0 Å². The van der Waals surface area contributed by atoms with Crippen LogP contribution >= 0.6 is 0 Å². The van der Waals surface area contributed by atoms with E-state index in [2.05, 4.69) is 31.2 Å². The number of rotatable bonds is 4. The van der Waals surface area contributed by atoms with Gasteiger partial charge in [0.2, 0.25) is 0 Å². The molecule has 0 fully saturated rings. The Morgan fingerprint density at radius 2 is 1.28 bits per heavy atom. The van der Waals surface area contributed by atoms with Crippen molar-refractivity contribution in [2.45, 2.75) is 13.0 Å². The zero-order valence-corrected chi connectivity index (χ0v) is 11.0. The van der Waals surface area contributed by atoms with Gasteiger partial charge < -0.3 is 9.47 Å². The molecule has 2 heteroatoms. The second kappa shape index (κ2) is 5.69. The third-order valence-electron chi connectivity index (χ3n) is 3.03.